The van der Waals surface area contributed by atoms with E-state index in [0.29, 0.717) is 17.9 Å². The Kier molecular flexibility index (Phi) is 9.28. The van der Waals surface area contributed by atoms with E-state index in [-0.39, 0.29) is 11.0 Å². The van der Waals surface area contributed by atoms with E-state index in [9.17, 15) is 4.79 Å². The van der Waals surface area contributed by atoms with Crippen molar-refractivity contribution in [2.75, 3.05) is 19.0 Å². The van der Waals surface area contributed by atoms with Crippen LogP contribution < -0.4 is 20.1 Å². The van der Waals surface area contributed by atoms with Crippen LogP contribution in [-0.2, 0) is 0 Å². The minimum Gasteiger partial charge on any atom is -0.497 e. The monoisotopic (exact) mass is 400 g/mol. The summed E-state index contributed by atoms with van der Waals surface area (Å²) in [7, 11) is 1.60. The van der Waals surface area contributed by atoms with Crippen LogP contribution in [0.5, 0.6) is 11.5 Å². The molecule has 0 aliphatic carbocycles. The Morgan fingerprint density at radius 1 is 1.00 bits per heavy atom. The Morgan fingerprint density at radius 3 is 2.46 bits per heavy atom. The summed E-state index contributed by atoms with van der Waals surface area (Å²) >= 11 is 5.21. The number of hydrogen-bond acceptors (Lipinski definition) is 4. The zero-order valence-electron chi connectivity index (χ0n) is 16.5. The van der Waals surface area contributed by atoms with E-state index in [1.54, 1.807) is 37.4 Å². The topological polar surface area (TPSA) is 59.6 Å². The summed E-state index contributed by atoms with van der Waals surface area (Å²) in [6.45, 7) is 2.90. The van der Waals surface area contributed by atoms with Gasteiger partial charge in [0.1, 0.15) is 11.5 Å². The second kappa shape index (κ2) is 12.0. The van der Waals surface area contributed by atoms with Crippen LogP contribution in [0.25, 0.3) is 0 Å². The maximum Gasteiger partial charge on any atom is 0.257 e. The zero-order chi connectivity index (χ0) is 20.2. The fourth-order valence-corrected chi connectivity index (χ4v) is 2.85. The highest BCUT2D eigenvalue weighted by molar-refractivity contribution is 7.80. The van der Waals surface area contributed by atoms with Crippen molar-refractivity contribution in [3.63, 3.8) is 0 Å². The van der Waals surface area contributed by atoms with Crippen molar-refractivity contribution in [1.29, 1.82) is 0 Å². The van der Waals surface area contributed by atoms with Gasteiger partial charge in [0, 0.05) is 17.3 Å². The Labute approximate surface area is 172 Å². The number of ether oxygens (including phenoxy) is 2. The highest BCUT2D eigenvalue weighted by Gasteiger charge is 2.08. The Hall–Kier alpha value is -2.60. The molecule has 2 aromatic rings. The van der Waals surface area contributed by atoms with E-state index >= 15 is 0 Å². The lowest BCUT2D eigenvalue weighted by atomic mass is 10.2. The number of amides is 1. The lowest BCUT2D eigenvalue weighted by molar-refractivity contribution is 0.0977. The minimum absolute atomic E-state index is 0.227. The molecule has 2 N–H and O–H groups in total. The van der Waals surface area contributed by atoms with Crippen molar-refractivity contribution in [1.82, 2.24) is 5.32 Å². The fraction of sp³-hybridized carbons (Fsp3) is 0.364. The van der Waals surface area contributed by atoms with Crippen molar-refractivity contribution < 1.29 is 14.3 Å². The molecule has 0 saturated heterocycles. The molecule has 0 bridgehead atoms. The average Bonchev–Trinajstić information content (AvgIpc) is 2.71. The van der Waals surface area contributed by atoms with Gasteiger partial charge in [-0.05, 0) is 55.0 Å². The average molecular weight is 401 g/mol. The number of thiocarbonyl (C=S) groups is 1. The zero-order valence-corrected chi connectivity index (χ0v) is 17.3. The molecule has 0 aliphatic rings. The van der Waals surface area contributed by atoms with Crippen LogP contribution in [0.2, 0.25) is 0 Å². The summed E-state index contributed by atoms with van der Waals surface area (Å²) in [6.07, 6.45) is 6.00. The lowest BCUT2D eigenvalue weighted by Crippen LogP contribution is -2.34. The predicted molar refractivity (Wildman–Crippen MR) is 117 cm³/mol. The van der Waals surface area contributed by atoms with Gasteiger partial charge in [0.2, 0.25) is 0 Å². The number of nitrogens with one attached hydrogen (secondary N) is 2. The standard InChI is InChI=1S/C22H28N2O3S/c1-3-4-5-6-7-15-27-19-13-11-17(12-14-19)21(25)24-22(28)23-18-9-8-10-20(16-18)26-2/h8-14,16H,3-7,15H2,1-2H3,(H2,23,24,25,28). The van der Waals surface area contributed by atoms with Gasteiger partial charge in [-0.3, -0.25) is 10.1 Å². The third-order valence-electron chi connectivity index (χ3n) is 4.19. The second-order valence-electron chi connectivity index (χ2n) is 6.43. The van der Waals surface area contributed by atoms with Crippen molar-refractivity contribution in [3.8, 4) is 11.5 Å². The highest BCUT2D eigenvalue weighted by Crippen LogP contribution is 2.17. The van der Waals surface area contributed by atoms with Crippen LogP contribution in [0.3, 0.4) is 0 Å². The smallest absolute Gasteiger partial charge is 0.257 e. The lowest BCUT2D eigenvalue weighted by Gasteiger charge is -2.11. The third kappa shape index (κ3) is 7.56. The molecule has 0 aromatic heterocycles. The Bertz CT molecular complexity index is 763. The largest absolute Gasteiger partial charge is 0.497 e. The van der Waals surface area contributed by atoms with E-state index in [1.165, 1.54) is 25.7 Å². The van der Waals surface area contributed by atoms with Crippen LogP contribution >= 0.6 is 12.2 Å². The normalized spacial score (nSPS) is 10.2. The van der Waals surface area contributed by atoms with Crippen molar-refractivity contribution in [3.05, 3.63) is 54.1 Å². The van der Waals surface area contributed by atoms with E-state index in [2.05, 4.69) is 17.6 Å². The highest BCUT2D eigenvalue weighted by atomic mass is 32.1. The minimum atomic E-state index is -0.272. The number of carbonyl (C=O) groups is 1. The van der Waals surface area contributed by atoms with Crippen LogP contribution in [0.1, 0.15) is 49.4 Å². The fourth-order valence-electron chi connectivity index (χ4n) is 2.64. The van der Waals surface area contributed by atoms with Crippen LogP contribution in [0.4, 0.5) is 5.69 Å². The van der Waals surface area contributed by atoms with Gasteiger partial charge in [-0.2, -0.15) is 0 Å². The molecule has 0 spiro atoms. The van der Waals surface area contributed by atoms with Crippen molar-refractivity contribution in [2.45, 2.75) is 39.0 Å². The molecule has 0 fully saturated rings. The summed E-state index contributed by atoms with van der Waals surface area (Å²) in [5, 5.41) is 5.87. The molecule has 6 heteroatoms. The summed E-state index contributed by atoms with van der Waals surface area (Å²) in [4.78, 5) is 12.3. The number of unbranched alkanes of at least 4 members (excludes halogenated alkanes) is 4. The summed E-state index contributed by atoms with van der Waals surface area (Å²) in [5.41, 5.74) is 1.26. The number of anilines is 1. The van der Waals surface area contributed by atoms with Gasteiger partial charge >= 0.3 is 0 Å². The molecule has 150 valence electrons. The number of methoxy groups -OCH3 is 1. The second-order valence-corrected chi connectivity index (χ2v) is 6.84. The molecule has 28 heavy (non-hydrogen) atoms. The van der Waals surface area contributed by atoms with Crippen LogP contribution in [0.15, 0.2) is 48.5 Å². The number of benzene rings is 2. The predicted octanol–water partition coefficient (Wildman–Crippen LogP) is 5.17. The first kappa shape index (κ1) is 21.7. The first-order chi connectivity index (χ1) is 13.6. The first-order valence-electron chi connectivity index (χ1n) is 9.61. The first-order valence-corrected chi connectivity index (χ1v) is 10.0. The van der Waals surface area contributed by atoms with Crippen LogP contribution in [-0.4, -0.2) is 24.7 Å². The van der Waals surface area contributed by atoms with Gasteiger partial charge in [0.15, 0.2) is 5.11 Å². The van der Waals surface area contributed by atoms with Crippen LogP contribution in [0, 0.1) is 0 Å². The van der Waals surface area contributed by atoms with E-state index in [1.807, 2.05) is 18.2 Å². The van der Waals surface area contributed by atoms with E-state index in [0.717, 1.165) is 17.9 Å². The molecule has 0 unspecified atom stereocenters. The molecule has 0 aliphatic heterocycles. The molecule has 0 saturated carbocycles. The summed E-state index contributed by atoms with van der Waals surface area (Å²) in [5.74, 6) is 1.20. The molecule has 2 rings (SSSR count). The molecular formula is C22H28N2O3S. The Balaban J connectivity index is 1.77. The van der Waals surface area contributed by atoms with Gasteiger partial charge in [-0.1, -0.05) is 38.7 Å². The van der Waals surface area contributed by atoms with Crippen molar-refractivity contribution >= 4 is 28.9 Å². The maximum atomic E-state index is 12.3. The molecule has 5 nitrogen and oxygen atoms in total. The summed E-state index contributed by atoms with van der Waals surface area (Å²) < 4.78 is 10.9. The molecule has 0 heterocycles. The Morgan fingerprint density at radius 2 is 1.75 bits per heavy atom. The molecule has 2 aromatic carbocycles. The number of carbonyl (C=O) groups excluding carboxylic acids is 1. The quantitative estimate of drug-likeness (QED) is 0.425. The number of rotatable bonds is 10. The van der Waals surface area contributed by atoms with Gasteiger partial charge in [-0.25, -0.2) is 0 Å². The molecule has 1 amide bonds. The number of hydrogen-bond donors (Lipinski definition) is 2. The van der Waals surface area contributed by atoms with Crippen molar-refractivity contribution in [2.24, 2.45) is 0 Å². The van der Waals surface area contributed by atoms with Gasteiger partial charge in [0.05, 0.1) is 13.7 Å². The van der Waals surface area contributed by atoms with Gasteiger partial charge in [-0.15, -0.1) is 0 Å². The summed E-state index contributed by atoms with van der Waals surface area (Å²) in [6, 6.07) is 14.4. The van der Waals surface area contributed by atoms with E-state index < -0.39 is 0 Å². The molecule has 0 atom stereocenters. The van der Waals surface area contributed by atoms with Gasteiger partial charge < -0.3 is 14.8 Å². The third-order valence-corrected chi connectivity index (χ3v) is 4.39. The SMILES string of the molecule is CCCCCCCOc1ccc(C(=O)NC(=S)Nc2cccc(OC)c2)cc1. The van der Waals surface area contributed by atoms with Gasteiger partial charge in [0.25, 0.3) is 5.91 Å². The maximum absolute atomic E-state index is 12.3. The molecular weight excluding hydrogens is 372 g/mol. The molecule has 0 radical (unpaired) electrons. The van der Waals surface area contributed by atoms with E-state index in [4.69, 9.17) is 21.7 Å².